The van der Waals surface area contributed by atoms with Crippen molar-refractivity contribution in [3.8, 4) is 0 Å². The van der Waals surface area contributed by atoms with Gasteiger partial charge in [0.15, 0.2) is 0 Å². The van der Waals surface area contributed by atoms with Crippen molar-refractivity contribution < 1.29 is 13.6 Å². The molecular formula is C20H21F2N3O. The smallest absolute Gasteiger partial charge is 0.254 e. The second-order valence-corrected chi connectivity index (χ2v) is 7.23. The van der Waals surface area contributed by atoms with Crippen LogP contribution >= 0.6 is 0 Å². The number of nitrogens with zero attached hydrogens (tertiary/aromatic N) is 3. The summed E-state index contributed by atoms with van der Waals surface area (Å²) in [6.45, 7) is 3.07. The summed E-state index contributed by atoms with van der Waals surface area (Å²) in [5, 5.41) is 0. The van der Waals surface area contributed by atoms with Gasteiger partial charge in [-0.05, 0) is 43.0 Å². The average Bonchev–Trinajstić information content (AvgIpc) is 2.91. The van der Waals surface area contributed by atoms with E-state index in [0.717, 1.165) is 56.4 Å². The molecule has 2 atom stereocenters. The summed E-state index contributed by atoms with van der Waals surface area (Å²) in [6, 6.07) is 8.98. The highest BCUT2D eigenvalue weighted by molar-refractivity contribution is 5.94. The quantitative estimate of drug-likeness (QED) is 0.847. The predicted octanol–water partition coefficient (Wildman–Crippen LogP) is 3.10. The minimum atomic E-state index is -0.717. The second-order valence-electron chi connectivity index (χ2n) is 7.23. The number of halogens is 2. The zero-order valence-corrected chi connectivity index (χ0v) is 14.4. The van der Waals surface area contributed by atoms with Gasteiger partial charge in [-0.2, -0.15) is 0 Å². The molecule has 3 aliphatic heterocycles. The summed E-state index contributed by atoms with van der Waals surface area (Å²) in [6.07, 6.45) is 3.79. The highest BCUT2D eigenvalue weighted by Crippen LogP contribution is 2.30. The molecule has 2 bridgehead atoms. The van der Waals surface area contributed by atoms with Crippen LogP contribution in [0.25, 0.3) is 0 Å². The van der Waals surface area contributed by atoms with E-state index in [4.69, 9.17) is 0 Å². The highest BCUT2D eigenvalue weighted by Gasteiger charge is 2.37. The number of carbonyl (C=O) groups excluding carboxylic acids is 1. The van der Waals surface area contributed by atoms with Crippen molar-refractivity contribution in [2.24, 2.45) is 5.92 Å². The fraction of sp³-hybridized carbons (Fsp3) is 0.400. The third kappa shape index (κ3) is 3.60. The lowest BCUT2D eigenvalue weighted by molar-refractivity contribution is 0.0584. The zero-order valence-electron chi connectivity index (χ0n) is 14.4. The summed E-state index contributed by atoms with van der Waals surface area (Å²) >= 11 is 0. The number of hydrogen-bond donors (Lipinski definition) is 0. The van der Waals surface area contributed by atoms with E-state index < -0.39 is 11.6 Å². The standard InChI is InChI=1S/C20H21F2N3O/c21-16-7-15(8-17(22)9-16)20(26)25-11-14-4-5-19(25)13-24(10-14)12-18-3-1-2-6-23-18/h1-3,6-9,14,19H,4-5,10-13H2/t14-,19+/m1/s1. The molecule has 0 spiro atoms. The lowest BCUT2D eigenvalue weighted by Gasteiger charge is -2.36. The van der Waals surface area contributed by atoms with Crippen molar-refractivity contribution in [2.75, 3.05) is 19.6 Å². The third-order valence-electron chi connectivity index (χ3n) is 5.27. The van der Waals surface area contributed by atoms with E-state index in [1.807, 2.05) is 18.2 Å². The Morgan fingerprint density at radius 2 is 1.88 bits per heavy atom. The number of carbonyl (C=O) groups is 1. The highest BCUT2D eigenvalue weighted by atomic mass is 19.1. The largest absolute Gasteiger partial charge is 0.334 e. The topological polar surface area (TPSA) is 36.4 Å². The van der Waals surface area contributed by atoms with Gasteiger partial charge in [-0.25, -0.2) is 8.78 Å². The van der Waals surface area contributed by atoms with Crippen molar-refractivity contribution in [2.45, 2.75) is 25.4 Å². The van der Waals surface area contributed by atoms with Gasteiger partial charge in [0.1, 0.15) is 11.6 Å². The van der Waals surface area contributed by atoms with E-state index in [1.54, 1.807) is 11.1 Å². The lowest BCUT2D eigenvalue weighted by atomic mass is 9.94. The first-order chi connectivity index (χ1) is 12.6. The Bertz CT molecular complexity index is 779. The van der Waals surface area contributed by atoms with Crippen LogP contribution in [0, 0.1) is 17.6 Å². The molecule has 0 saturated carbocycles. The monoisotopic (exact) mass is 357 g/mol. The van der Waals surface area contributed by atoms with Crippen LogP contribution in [-0.2, 0) is 6.54 Å². The fourth-order valence-corrected chi connectivity index (χ4v) is 4.12. The van der Waals surface area contributed by atoms with E-state index in [1.165, 1.54) is 0 Å². The molecule has 0 N–H and O–H groups in total. The lowest BCUT2D eigenvalue weighted by Crippen LogP contribution is -2.47. The summed E-state index contributed by atoms with van der Waals surface area (Å²) < 4.78 is 27.0. The molecule has 4 nitrogen and oxygen atoms in total. The van der Waals surface area contributed by atoms with Gasteiger partial charge in [-0.15, -0.1) is 0 Å². The Balaban J connectivity index is 1.52. The number of amides is 1. The number of hydrogen-bond acceptors (Lipinski definition) is 3. The van der Waals surface area contributed by atoms with Gasteiger partial charge in [0, 0.05) is 50.0 Å². The molecule has 4 heterocycles. The molecule has 1 amide bonds. The Kier molecular flexibility index (Phi) is 4.68. The van der Waals surface area contributed by atoms with E-state index in [-0.39, 0.29) is 17.5 Å². The van der Waals surface area contributed by atoms with Gasteiger partial charge in [0.2, 0.25) is 0 Å². The molecule has 1 aromatic carbocycles. The number of aromatic nitrogens is 1. The number of piperidine rings is 1. The van der Waals surface area contributed by atoms with Crippen molar-refractivity contribution in [1.29, 1.82) is 0 Å². The van der Waals surface area contributed by atoms with E-state index in [2.05, 4.69) is 9.88 Å². The van der Waals surface area contributed by atoms with Crippen LogP contribution in [-0.4, -0.2) is 46.4 Å². The Hall–Kier alpha value is -2.34. The van der Waals surface area contributed by atoms with Gasteiger partial charge in [-0.3, -0.25) is 14.7 Å². The van der Waals surface area contributed by atoms with Crippen LogP contribution in [0.2, 0.25) is 0 Å². The minimum absolute atomic E-state index is 0.0660. The maximum Gasteiger partial charge on any atom is 0.254 e. The van der Waals surface area contributed by atoms with Crippen molar-refractivity contribution >= 4 is 5.91 Å². The molecule has 136 valence electrons. The maximum absolute atomic E-state index is 13.5. The van der Waals surface area contributed by atoms with Crippen molar-refractivity contribution in [3.63, 3.8) is 0 Å². The number of benzene rings is 1. The van der Waals surface area contributed by atoms with Gasteiger partial charge < -0.3 is 4.90 Å². The SMILES string of the molecule is O=C(c1cc(F)cc(F)c1)N1C[C@@H]2CC[C@H]1CN(Cc1ccccn1)C2. The zero-order chi connectivity index (χ0) is 18.1. The summed E-state index contributed by atoms with van der Waals surface area (Å²) in [5.41, 5.74) is 1.10. The first kappa shape index (κ1) is 17.1. The summed E-state index contributed by atoms with van der Waals surface area (Å²) in [4.78, 5) is 21.4. The molecule has 3 fully saturated rings. The first-order valence-electron chi connectivity index (χ1n) is 8.98. The van der Waals surface area contributed by atoms with Gasteiger partial charge in [0.05, 0.1) is 5.69 Å². The molecule has 2 aromatic rings. The molecule has 0 aliphatic carbocycles. The molecule has 1 aromatic heterocycles. The van der Waals surface area contributed by atoms with Crippen LogP contribution in [0.4, 0.5) is 8.78 Å². The number of pyridine rings is 1. The molecule has 3 aliphatic rings. The van der Waals surface area contributed by atoms with Crippen molar-refractivity contribution in [1.82, 2.24) is 14.8 Å². The molecule has 5 rings (SSSR count). The van der Waals surface area contributed by atoms with Crippen LogP contribution in [0.1, 0.15) is 28.9 Å². The Morgan fingerprint density at radius 3 is 2.62 bits per heavy atom. The molecule has 3 saturated heterocycles. The van der Waals surface area contributed by atoms with Crippen LogP contribution in [0.3, 0.4) is 0 Å². The average molecular weight is 357 g/mol. The third-order valence-corrected chi connectivity index (χ3v) is 5.27. The Labute approximate surface area is 151 Å². The fourth-order valence-electron chi connectivity index (χ4n) is 4.12. The van der Waals surface area contributed by atoms with E-state index >= 15 is 0 Å². The number of rotatable bonds is 3. The van der Waals surface area contributed by atoms with E-state index in [0.29, 0.717) is 12.5 Å². The predicted molar refractivity (Wildman–Crippen MR) is 93.4 cm³/mol. The van der Waals surface area contributed by atoms with Crippen LogP contribution in [0.15, 0.2) is 42.6 Å². The van der Waals surface area contributed by atoms with Crippen LogP contribution < -0.4 is 0 Å². The van der Waals surface area contributed by atoms with E-state index in [9.17, 15) is 13.6 Å². The van der Waals surface area contributed by atoms with Gasteiger partial charge in [-0.1, -0.05) is 6.07 Å². The molecule has 6 heteroatoms. The molecule has 0 radical (unpaired) electrons. The van der Waals surface area contributed by atoms with Crippen molar-refractivity contribution in [3.05, 3.63) is 65.5 Å². The van der Waals surface area contributed by atoms with Gasteiger partial charge in [0.25, 0.3) is 5.91 Å². The maximum atomic E-state index is 13.5. The number of fused-ring (bicyclic) bond motifs is 4. The normalized spacial score (nSPS) is 23.1. The molecule has 0 unspecified atom stereocenters. The van der Waals surface area contributed by atoms with Gasteiger partial charge >= 0.3 is 0 Å². The summed E-state index contributed by atoms with van der Waals surface area (Å²) in [7, 11) is 0. The molecular weight excluding hydrogens is 336 g/mol. The summed E-state index contributed by atoms with van der Waals surface area (Å²) in [5.74, 6) is -1.34. The first-order valence-corrected chi connectivity index (χ1v) is 8.98. The minimum Gasteiger partial charge on any atom is -0.334 e. The Morgan fingerprint density at radius 1 is 1.08 bits per heavy atom. The van der Waals surface area contributed by atoms with Crippen LogP contribution in [0.5, 0.6) is 0 Å². The molecule has 26 heavy (non-hydrogen) atoms. The second kappa shape index (κ2) is 7.11.